The SMILES string of the molecule is CC(C)N(CCCl)C(=O)c1ccc(F)cc1[N+](=O)[O-]. The maximum Gasteiger partial charge on any atom is 0.285 e. The predicted octanol–water partition coefficient (Wildman–Crippen LogP) is 2.82. The third-order valence-corrected chi connectivity index (χ3v) is 2.77. The second kappa shape index (κ2) is 6.47. The van der Waals surface area contributed by atoms with Gasteiger partial charge in [-0.15, -0.1) is 11.6 Å². The summed E-state index contributed by atoms with van der Waals surface area (Å²) in [4.78, 5) is 23.8. The molecule has 1 aromatic carbocycles. The van der Waals surface area contributed by atoms with Gasteiger partial charge >= 0.3 is 0 Å². The average molecular weight is 289 g/mol. The van der Waals surface area contributed by atoms with Crippen molar-refractivity contribution in [2.75, 3.05) is 12.4 Å². The third-order valence-electron chi connectivity index (χ3n) is 2.60. The van der Waals surface area contributed by atoms with Crippen LogP contribution in [0, 0.1) is 15.9 Å². The van der Waals surface area contributed by atoms with Crippen molar-refractivity contribution in [3.05, 3.63) is 39.7 Å². The van der Waals surface area contributed by atoms with Gasteiger partial charge < -0.3 is 4.90 Å². The van der Waals surface area contributed by atoms with E-state index >= 15 is 0 Å². The van der Waals surface area contributed by atoms with E-state index in [0.717, 1.165) is 18.2 Å². The van der Waals surface area contributed by atoms with Gasteiger partial charge in [0.05, 0.1) is 11.0 Å². The van der Waals surface area contributed by atoms with Crippen LogP contribution in [0.3, 0.4) is 0 Å². The lowest BCUT2D eigenvalue weighted by Crippen LogP contribution is -2.38. The number of carbonyl (C=O) groups excluding carboxylic acids is 1. The van der Waals surface area contributed by atoms with Crippen LogP contribution in [0.15, 0.2) is 18.2 Å². The fourth-order valence-corrected chi connectivity index (χ4v) is 1.86. The monoisotopic (exact) mass is 288 g/mol. The van der Waals surface area contributed by atoms with E-state index in [9.17, 15) is 19.3 Å². The molecule has 0 aromatic heterocycles. The summed E-state index contributed by atoms with van der Waals surface area (Å²) in [7, 11) is 0. The molecular formula is C12H14ClFN2O3. The van der Waals surface area contributed by atoms with Crippen LogP contribution < -0.4 is 0 Å². The van der Waals surface area contributed by atoms with Crippen molar-refractivity contribution in [1.29, 1.82) is 0 Å². The number of benzene rings is 1. The van der Waals surface area contributed by atoms with Gasteiger partial charge in [0.1, 0.15) is 11.4 Å². The highest BCUT2D eigenvalue weighted by atomic mass is 35.5. The topological polar surface area (TPSA) is 63.5 Å². The van der Waals surface area contributed by atoms with Gasteiger partial charge in [-0.25, -0.2) is 4.39 Å². The first-order valence-corrected chi connectivity index (χ1v) is 6.22. The Labute approximate surface area is 115 Å². The van der Waals surface area contributed by atoms with Gasteiger partial charge in [0.15, 0.2) is 0 Å². The number of hydrogen-bond acceptors (Lipinski definition) is 3. The first-order chi connectivity index (χ1) is 8.88. The van der Waals surface area contributed by atoms with Crippen molar-refractivity contribution in [1.82, 2.24) is 4.90 Å². The van der Waals surface area contributed by atoms with E-state index in [1.165, 1.54) is 4.90 Å². The smallest absolute Gasteiger partial charge is 0.285 e. The van der Waals surface area contributed by atoms with Crippen LogP contribution in [0.5, 0.6) is 0 Å². The lowest BCUT2D eigenvalue weighted by atomic mass is 10.1. The van der Waals surface area contributed by atoms with Crippen molar-refractivity contribution in [2.45, 2.75) is 19.9 Å². The molecule has 5 nitrogen and oxygen atoms in total. The molecule has 19 heavy (non-hydrogen) atoms. The zero-order chi connectivity index (χ0) is 14.6. The van der Waals surface area contributed by atoms with Gasteiger partial charge in [0.2, 0.25) is 0 Å². The minimum absolute atomic E-state index is 0.134. The number of rotatable bonds is 5. The van der Waals surface area contributed by atoms with Gasteiger partial charge in [0.25, 0.3) is 11.6 Å². The van der Waals surface area contributed by atoms with Crippen LogP contribution in [-0.2, 0) is 0 Å². The predicted molar refractivity (Wildman–Crippen MR) is 69.9 cm³/mol. The summed E-state index contributed by atoms with van der Waals surface area (Å²) in [6, 6.07) is 2.74. The van der Waals surface area contributed by atoms with E-state index in [1.807, 2.05) is 0 Å². The Morgan fingerprint density at radius 1 is 1.53 bits per heavy atom. The highest BCUT2D eigenvalue weighted by Gasteiger charge is 2.26. The van der Waals surface area contributed by atoms with Crippen molar-refractivity contribution in [2.24, 2.45) is 0 Å². The number of hydrogen-bond donors (Lipinski definition) is 0. The molecule has 0 radical (unpaired) electrons. The zero-order valence-corrected chi connectivity index (χ0v) is 11.4. The summed E-state index contributed by atoms with van der Waals surface area (Å²) in [5.74, 6) is -1.06. The molecule has 0 N–H and O–H groups in total. The fourth-order valence-electron chi connectivity index (χ4n) is 1.68. The average Bonchev–Trinajstić information content (AvgIpc) is 2.34. The maximum absolute atomic E-state index is 13.0. The van der Waals surface area contributed by atoms with E-state index in [0.29, 0.717) is 0 Å². The largest absolute Gasteiger partial charge is 0.335 e. The second-order valence-electron chi connectivity index (χ2n) is 4.20. The minimum atomic E-state index is -0.768. The Hall–Kier alpha value is -1.69. The molecule has 0 saturated carbocycles. The van der Waals surface area contributed by atoms with Crippen LogP contribution in [0.4, 0.5) is 10.1 Å². The number of nitrogens with zero attached hydrogens (tertiary/aromatic N) is 2. The van der Waals surface area contributed by atoms with E-state index in [-0.39, 0.29) is 24.0 Å². The fraction of sp³-hybridized carbons (Fsp3) is 0.417. The molecule has 0 saturated heterocycles. The molecule has 1 rings (SSSR count). The van der Waals surface area contributed by atoms with Gasteiger partial charge in [-0.05, 0) is 26.0 Å². The summed E-state index contributed by atoms with van der Waals surface area (Å²) in [6.45, 7) is 3.83. The van der Waals surface area contributed by atoms with Crippen molar-refractivity contribution < 1.29 is 14.1 Å². The van der Waals surface area contributed by atoms with Gasteiger partial charge in [0, 0.05) is 18.5 Å². The molecule has 0 atom stereocenters. The molecule has 0 fully saturated rings. The molecular weight excluding hydrogens is 275 g/mol. The summed E-state index contributed by atoms with van der Waals surface area (Å²) in [6.07, 6.45) is 0. The molecule has 0 bridgehead atoms. The highest BCUT2D eigenvalue weighted by molar-refractivity contribution is 6.18. The first kappa shape index (κ1) is 15.4. The molecule has 1 amide bonds. The van der Waals surface area contributed by atoms with Crippen LogP contribution in [0.25, 0.3) is 0 Å². The van der Waals surface area contributed by atoms with E-state index < -0.39 is 22.3 Å². The Morgan fingerprint density at radius 2 is 2.16 bits per heavy atom. The normalized spacial score (nSPS) is 10.6. The van der Waals surface area contributed by atoms with Crippen molar-refractivity contribution >= 4 is 23.2 Å². The number of alkyl halides is 1. The molecule has 0 unspecified atom stereocenters. The Balaban J connectivity index is 3.21. The maximum atomic E-state index is 13.0. The molecule has 0 heterocycles. The number of amides is 1. The Kier molecular flexibility index (Phi) is 5.23. The minimum Gasteiger partial charge on any atom is -0.335 e. The Morgan fingerprint density at radius 3 is 2.63 bits per heavy atom. The Bertz CT molecular complexity index is 494. The molecule has 0 aliphatic carbocycles. The lowest BCUT2D eigenvalue weighted by Gasteiger charge is -2.25. The molecule has 1 aromatic rings. The summed E-state index contributed by atoms with van der Waals surface area (Å²) in [5, 5.41) is 10.9. The number of carbonyl (C=O) groups is 1. The molecule has 7 heteroatoms. The van der Waals surface area contributed by atoms with Crippen LogP contribution in [-0.4, -0.2) is 34.2 Å². The molecule has 0 spiro atoms. The third kappa shape index (κ3) is 3.64. The molecule has 0 aliphatic rings. The quantitative estimate of drug-likeness (QED) is 0.475. The van der Waals surface area contributed by atoms with E-state index in [1.54, 1.807) is 13.8 Å². The van der Waals surface area contributed by atoms with E-state index in [2.05, 4.69) is 0 Å². The van der Waals surface area contributed by atoms with E-state index in [4.69, 9.17) is 11.6 Å². The van der Waals surface area contributed by atoms with Gasteiger partial charge in [-0.2, -0.15) is 0 Å². The number of nitro groups is 1. The summed E-state index contributed by atoms with van der Waals surface area (Å²) in [5.41, 5.74) is -0.671. The summed E-state index contributed by atoms with van der Waals surface area (Å²) >= 11 is 5.61. The zero-order valence-electron chi connectivity index (χ0n) is 10.6. The summed E-state index contributed by atoms with van der Waals surface area (Å²) < 4.78 is 13.0. The highest BCUT2D eigenvalue weighted by Crippen LogP contribution is 2.22. The first-order valence-electron chi connectivity index (χ1n) is 5.69. The molecule has 0 aliphatic heterocycles. The number of nitro benzene ring substituents is 1. The van der Waals surface area contributed by atoms with Crippen molar-refractivity contribution in [3.63, 3.8) is 0 Å². The van der Waals surface area contributed by atoms with Crippen molar-refractivity contribution in [3.8, 4) is 0 Å². The lowest BCUT2D eigenvalue weighted by molar-refractivity contribution is -0.385. The second-order valence-corrected chi connectivity index (χ2v) is 4.58. The number of halogens is 2. The van der Waals surface area contributed by atoms with Crippen LogP contribution in [0.1, 0.15) is 24.2 Å². The van der Waals surface area contributed by atoms with Gasteiger partial charge in [-0.3, -0.25) is 14.9 Å². The molecule has 104 valence electrons. The van der Waals surface area contributed by atoms with Crippen LogP contribution >= 0.6 is 11.6 Å². The standard InChI is InChI=1S/C12H14ClFN2O3/c1-8(2)15(6-5-13)12(17)10-4-3-9(14)7-11(10)16(18)19/h3-4,7-8H,5-6H2,1-2H3. The van der Waals surface area contributed by atoms with Gasteiger partial charge in [-0.1, -0.05) is 0 Å². The van der Waals surface area contributed by atoms with Crippen LogP contribution in [0.2, 0.25) is 0 Å².